The maximum atomic E-state index is 12.1. The van der Waals surface area contributed by atoms with Gasteiger partial charge in [-0.25, -0.2) is 9.78 Å². The average Bonchev–Trinajstić information content (AvgIpc) is 3.04. The van der Waals surface area contributed by atoms with Crippen LogP contribution in [0.5, 0.6) is 0 Å². The molecule has 11 nitrogen and oxygen atoms in total. The fourth-order valence-corrected chi connectivity index (χ4v) is 2.94. The minimum atomic E-state index is -0.564. The molecule has 11 heteroatoms. The van der Waals surface area contributed by atoms with Gasteiger partial charge < -0.3 is 14.9 Å². The second kappa shape index (κ2) is 6.67. The number of nitrogens with zero attached hydrogens (tertiary/aromatic N) is 5. The summed E-state index contributed by atoms with van der Waals surface area (Å²) in [5.41, 5.74) is 6.98. The summed E-state index contributed by atoms with van der Waals surface area (Å²) in [7, 11) is 0. The number of fused-ring (bicyclic) bond motifs is 1. The lowest BCUT2D eigenvalue weighted by Gasteiger charge is -2.05. The lowest BCUT2D eigenvalue weighted by molar-refractivity contribution is -0.386. The summed E-state index contributed by atoms with van der Waals surface area (Å²) in [5.74, 6) is 0.0740. The van der Waals surface area contributed by atoms with Crippen molar-refractivity contribution < 1.29 is 18.9 Å². The molecule has 0 atom stereocenters. The van der Waals surface area contributed by atoms with Crippen LogP contribution in [-0.4, -0.2) is 37.2 Å². The third-order valence-electron chi connectivity index (χ3n) is 4.10. The van der Waals surface area contributed by atoms with Gasteiger partial charge >= 0.3 is 11.7 Å². The van der Waals surface area contributed by atoms with Gasteiger partial charge in [-0.1, -0.05) is 0 Å². The maximum Gasteiger partial charge on any atom is 0.342 e. The van der Waals surface area contributed by atoms with Crippen molar-refractivity contribution in [2.24, 2.45) is 0 Å². The largest absolute Gasteiger partial charge is 0.462 e. The van der Waals surface area contributed by atoms with E-state index in [1.165, 1.54) is 4.68 Å². The van der Waals surface area contributed by atoms with Gasteiger partial charge in [0.1, 0.15) is 35.1 Å². The van der Waals surface area contributed by atoms with Gasteiger partial charge in [0.25, 0.3) is 0 Å². The fraction of sp³-hybridized carbons (Fsp3) is 0.375. The van der Waals surface area contributed by atoms with Crippen LogP contribution in [0.3, 0.4) is 0 Å². The number of ether oxygens (including phenoxy) is 1. The standard InChI is InChI=1S/C16H18N6O5/c1-5-26-16(23)11-9(4)27-15-12(11)14(17)18-10(19-15)6-21-8(3)13(22(24)25)7(2)20-21/h5-6H2,1-4H3,(H2,17,18,19). The van der Waals surface area contributed by atoms with Gasteiger partial charge in [0, 0.05) is 0 Å². The highest BCUT2D eigenvalue weighted by molar-refractivity contribution is 6.07. The van der Waals surface area contributed by atoms with Crippen molar-refractivity contribution in [2.45, 2.75) is 34.2 Å². The van der Waals surface area contributed by atoms with Crippen molar-refractivity contribution in [3.05, 3.63) is 38.7 Å². The number of rotatable bonds is 5. The Kier molecular flexibility index (Phi) is 4.52. The number of carbonyl (C=O) groups excluding carboxylic acids is 1. The predicted octanol–water partition coefficient (Wildman–Crippen LogP) is 2.06. The molecule has 3 rings (SSSR count). The zero-order valence-corrected chi connectivity index (χ0v) is 15.3. The minimum absolute atomic E-state index is 0.0532. The Bertz CT molecular complexity index is 1070. The lowest BCUT2D eigenvalue weighted by Crippen LogP contribution is -2.10. The number of nitrogen functional groups attached to an aromatic ring is 1. The Labute approximate surface area is 153 Å². The SMILES string of the molecule is CCOC(=O)c1c(C)oc2nc(Cn3nc(C)c([N+](=O)[O-])c3C)nc(N)c12. The molecule has 0 aromatic carbocycles. The molecule has 3 heterocycles. The first kappa shape index (κ1) is 18.3. The topological polar surface area (TPSA) is 152 Å². The van der Waals surface area contributed by atoms with Gasteiger partial charge in [0.05, 0.1) is 16.9 Å². The summed E-state index contributed by atoms with van der Waals surface area (Å²) < 4.78 is 12.0. The second-order valence-electron chi connectivity index (χ2n) is 5.89. The number of nitrogens with two attached hydrogens (primary N) is 1. The van der Waals surface area contributed by atoms with Gasteiger partial charge in [0.15, 0.2) is 5.82 Å². The highest BCUT2D eigenvalue weighted by Gasteiger charge is 2.25. The van der Waals surface area contributed by atoms with Crippen molar-refractivity contribution in [3.63, 3.8) is 0 Å². The van der Waals surface area contributed by atoms with Crippen LogP contribution >= 0.6 is 0 Å². The molecule has 0 amide bonds. The third-order valence-corrected chi connectivity index (χ3v) is 4.10. The van der Waals surface area contributed by atoms with Crippen LogP contribution in [0.4, 0.5) is 11.5 Å². The Morgan fingerprint density at radius 3 is 2.63 bits per heavy atom. The molecule has 3 aromatic heterocycles. The van der Waals surface area contributed by atoms with Crippen LogP contribution in [-0.2, 0) is 11.3 Å². The number of furan rings is 1. The molecule has 0 unspecified atom stereocenters. The Balaban J connectivity index is 2.05. The lowest BCUT2D eigenvalue weighted by atomic mass is 10.2. The number of aryl methyl sites for hydroxylation is 2. The highest BCUT2D eigenvalue weighted by Crippen LogP contribution is 2.29. The molecule has 142 valence electrons. The minimum Gasteiger partial charge on any atom is -0.462 e. The van der Waals surface area contributed by atoms with E-state index in [-0.39, 0.29) is 47.1 Å². The first-order chi connectivity index (χ1) is 12.7. The second-order valence-corrected chi connectivity index (χ2v) is 5.89. The number of carbonyl (C=O) groups is 1. The van der Waals surface area contributed by atoms with Crippen LogP contribution < -0.4 is 5.73 Å². The molecule has 2 N–H and O–H groups in total. The summed E-state index contributed by atoms with van der Waals surface area (Å²) in [6.45, 7) is 6.73. The van der Waals surface area contributed by atoms with E-state index in [1.807, 2.05) is 0 Å². The monoisotopic (exact) mass is 374 g/mol. The molecule has 0 aliphatic rings. The van der Waals surface area contributed by atoms with Crippen molar-refractivity contribution >= 4 is 28.6 Å². The third kappa shape index (κ3) is 3.07. The molecule has 0 aliphatic heterocycles. The molecular formula is C16H18N6O5. The first-order valence-electron chi connectivity index (χ1n) is 8.15. The van der Waals surface area contributed by atoms with Crippen molar-refractivity contribution in [3.8, 4) is 0 Å². The molecule has 0 saturated carbocycles. The number of nitro groups is 1. The van der Waals surface area contributed by atoms with Crippen LogP contribution in [0.15, 0.2) is 4.42 Å². The molecule has 0 bridgehead atoms. The molecule has 0 spiro atoms. The zero-order valence-electron chi connectivity index (χ0n) is 15.3. The number of esters is 1. The molecule has 0 aliphatic carbocycles. The van der Waals surface area contributed by atoms with E-state index >= 15 is 0 Å². The Morgan fingerprint density at radius 2 is 2.04 bits per heavy atom. The van der Waals surface area contributed by atoms with Crippen LogP contribution in [0.1, 0.15) is 40.3 Å². The summed E-state index contributed by atoms with van der Waals surface area (Å²) in [4.78, 5) is 31.3. The first-order valence-corrected chi connectivity index (χ1v) is 8.15. The summed E-state index contributed by atoms with van der Waals surface area (Å²) in [5, 5.41) is 15.6. The van der Waals surface area contributed by atoms with Crippen LogP contribution in [0.25, 0.3) is 11.1 Å². The van der Waals surface area contributed by atoms with Gasteiger partial charge in [-0.05, 0) is 27.7 Å². The normalized spacial score (nSPS) is 11.1. The van der Waals surface area contributed by atoms with Crippen LogP contribution in [0, 0.1) is 30.9 Å². The van der Waals surface area contributed by atoms with Crippen LogP contribution in [0.2, 0.25) is 0 Å². The Morgan fingerprint density at radius 1 is 1.33 bits per heavy atom. The smallest absolute Gasteiger partial charge is 0.342 e. The molecule has 3 aromatic rings. The molecule has 0 radical (unpaired) electrons. The van der Waals surface area contributed by atoms with E-state index in [0.29, 0.717) is 17.1 Å². The van der Waals surface area contributed by atoms with Crippen molar-refractivity contribution in [1.82, 2.24) is 19.7 Å². The van der Waals surface area contributed by atoms with Crippen molar-refractivity contribution in [1.29, 1.82) is 0 Å². The van der Waals surface area contributed by atoms with Crippen molar-refractivity contribution in [2.75, 3.05) is 12.3 Å². The van der Waals surface area contributed by atoms with Gasteiger partial charge in [-0.2, -0.15) is 10.1 Å². The van der Waals surface area contributed by atoms with E-state index in [1.54, 1.807) is 27.7 Å². The number of hydrogen-bond acceptors (Lipinski definition) is 9. The van der Waals surface area contributed by atoms with E-state index in [0.717, 1.165) is 0 Å². The molecular weight excluding hydrogens is 356 g/mol. The van der Waals surface area contributed by atoms with Gasteiger partial charge in [0.2, 0.25) is 5.71 Å². The summed E-state index contributed by atoms with van der Waals surface area (Å²) >= 11 is 0. The predicted molar refractivity (Wildman–Crippen MR) is 94.4 cm³/mol. The van der Waals surface area contributed by atoms with Gasteiger partial charge in [-0.3, -0.25) is 14.8 Å². The van der Waals surface area contributed by atoms with E-state index in [4.69, 9.17) is 14.9 Å². The quantitative estimate of drug-likeness (QED) is 0.401. The fourth-order valence-electron chi connectivity index (χ4n) is 2.94. The maximum absolute atomic E-state index is 12.1. The van der Waals surface area contributed by atoms with E-state index in [2.05, 4.69) is 15.1 Å². The average molecular weight is 374 g/mol. The number of hydrogen-bond donors (Lipinski definition) is 1. The summed E-state index contributed by atoms with van der Waals surface area (Å²) in [6.07, 6.45) is 0. The van der Waals surface area contributed by atoms with Gasteiger partial charge in [-0.15, -0.1) is 0 Å². The highest BCUT2D eigenvalue weighted by atomic mass is 16.6. The van der Waals surface area contributed by atoms with E-state index in [9.17, 15) is 14.9 Å². The van der Waals surface area contributed by atoms with E-state index < -0.39 is 10.9 Å². The Hall–Kier alpha value is -3.50. The number of aromatic nitrogens is 4. The zero-order chi connectivity index (χ0) is 19.9. The summed E-state index contributed by atoms with van der Waals surface area (Å²) in [6, 6.07) is 0. The number of anilines is 1. The molecule has 0 fully saturated rings. The molecule has 0 saturated heterocycles. The molecule has 27 heavy (non-hydrogen) atoms.